The second-order valence-corrected chi connectivity index (χ2v) is 7.98. The van der Waals surface area contributed by atoms with Crippen molar-refractivity contribution >= 4 is 21.6 Å². The topological polar surface area (TPSA) is 64.8 Å². The Hall–Kier alpha value is -1.55. The lowest BCUT2D eigenvalue weighted by Gasteiger charge is -2.21. The molecular formula is C15H20BrF2N5O2. The largest absolute Gasteiger partial charge is 0.469 e. The molecule has 1 saturated heterocycles. The molecule has 1 aliphatic rings. The first-order chi connectivity index (χ1) is 11.5. The predicted octanol–water partition coefficient (Wildman–Crippen LogP) is 2.78. The Kier molecular flexibility index (Phi) is 4.61. The molecule has 0 saturated carbocycles. The third-order valence-electron chi connectivity index (χ3n) is 3.72. The highest BCUT2D eigenvalue weighted by Gasteiger charge is 2.43. The van der Waals surface area contributed by atoms with Crippen molar-refractivity contribution in [3.63, 3.8) is 0 Å². The molecule has 7 nitrogen and oxygen atoms in total. The van der Waals surface area contributed by atoms with E-state index in [0.29, 0.717) is 10.3 Å². The molecule has 0 aromatic carbocycles. The van der Waals surface area contributed by atoms with Gasteiger partial charge in [-0.1, -0.05) is 0 Å². The summed E-state index contributed by atoms with van der Waals surface area (Å²) in [7, 11) is 1.65. The van der Waals surface area contributed by atoms with Crippen molar-refractivity contribution in [2.24, 2.45) is 0 Å². The van der Waals surface area contributed by atoms with Gasteiger partial charge < -0.3 is 9.47 Å². The fourth-order valence-corrected chi connectivity index (χ4v) is 3.00. The molecule has 0 amide bonds. The van der Waals surface area contributed by atoms with Crippen molar-refractivity contribution in [3.8, 4) is 11.9 Å². The molecule has 0 bridgehead atoms. The fraction of sp³-hybridized carbons (Fsp3) is 0.667. The van der Waals surface area contributed by atoms with Crippen LogP contribution in [-0.2, 0) is 0 Å². The minimum atomic E-state index is -2.69. The summed E-state index contributed by atoms with van der Waals surface area (Å²) in [6, 6.07) is -0.346. The first-order valence-electron chi connectivity index (χ1n) is 7.85. The van der Waals surface area contributed by atoms with Crippen molar-refractivity contribution in [2.45, 2.75) is 44.8 Å². The lowest BCUT2D eigenvalue weighted by Crippen LogP contribution is -2.31. The Morgan fingerprint density at radius 3 is 2.72 bits per heavy atom. The van der Waals surface area contributed by atoms with Gasteiger partial charge in [-0.15, -0.1) is 5.10 Å². The Morgan fingerprint density at radius 2 is 2.12 bits per heavy atom. The van der Waals surface area contributed by atoms with Gasteiger partial charge in [0.05, 0.1) is 12.7 Å². The molecule has 3 heterocycles. The third-order valence-corrected chi connectivity index (χ3v) is 4.26. The summed E-state index contributed by atoms with van der Waals surface area (Å²) in [5.41, 5.74) is -0.0446. The van der Waals surface area contributed by atoms with Crippen molar-refractivity contribution < 1.29 is 18.3 Å². The van der Waals surface area contributed by atoms with Crippen LogP contribution in [0.2, 0.25) is 0 Å². The van der Waals surface area contributed by atoms with Gasteiger partial charge in [0.2, 0.25) is 5.65 Å². The third kappa shape index (κ3) is 4.17. The normalized spacial score (nSPS) is 21.0. The number of rotatable bonds is 4. The zero-order valence-electron chi connectivity index (χ0n) is 14.5. The minimum Gasteiger partial charge on any atom is -0.469 e. The number of likely N-dealkylation sites (tertiary alicyclic amines) is 1. The van der Waals surface area contributed by atoms with E-state index in [0.717, 1.165) is 0 Å². The van der Waals surface area contributed by atoms with Crippen LogP contribution in [-0.4, -0.2) is 62.2 Å². The van der Waals surface area contributed by atoms with E-state index in [9.17, 15) is 8.78 Å². The van der Waals surface area contributed by atoms with Crippen LogP contribution in [0.4, 0.5) is 8.78 Å². The fourth-order valence-electron chi connectivity index (χ4n) is 2.65. The van der Waals surface area contributed by atoms with E-state index in [1.54, 1.807) is 18.1 Å². The van der Waals surface area contributed by atoms with E-state index < -0.39 is 17.6 Å². The van der Waals surface area contributed by atoms with Gasteiger partial charge in [0.25, 0.3) is 11.8 Å². The van der Waals surface area contributed by atoms with Crippen LogP contribution in [0.15, 0.2) is 10.8 Å². The summed E-state index contributed by atoms with van der Waals surface area (Å²) < 4.78 is 40.5. The molecule has 0 aliphatic carbocycles. The number of fused-ring (bicyclic) bond motifs is 1. The number of nitrogens with zero attached hydrogens (tertiary/aromatic N) is 5. The van der Waals surface area contributed by atoms with Crippen LogP contribution in [0, 0.1) is 0 Å². The number of halogens is 3. The molecule has 2 aromatic rings. The van der Waals surface area contributed by atoms with Gasteiger partial charge in [0.15, 0.2) is 0 Å². The molecule has 1 unspecified atom stereocenters. The monoisotopic (exact) mass is 419 g/mol. The second-order valence-electron chi connectivity index (χ2n) is 7.17. The summed E-state index contributed by atoms with van der Waals surface area (Å²) in [6.07, 6.45) is 1.33. The molecule has 3 rings (SSSR count). The van der Waals surface area contributed by atoms with Gasteiger partial charge in [0.1, 0.15) is 16.8 Å². The zero-order chi connectivity index (χ0) is 18.4. The average molecular weight is 420 g/mol. The lowest BCUT2D eigenvalue weighted by molar-refractivity contribution is 0.0136. The van der Waals surface area contributed by atoms with Crippen LogP contribution in [0.3, 0.4) is 0 Å². The smallest absolute Gasteiger partial charge is 0.337 e. The molecule has 1 fully saturated rings. The number of alkyl halides is 2. The number of aromatic nitrogens is 4. The van der Waals surface area contributed by atoms with Crippen LogP contribution >= 0.6 is 15.9 Å². The van der Waals surface area contributed by atoms with Gasteiger partial charge in [0, 0.05) is 12.5 Å². The first kappa shape index (κ1) is 18.2. The number of hydrogen-bond acceptors (Lipinski definition) is 6. The molecule has 0 radical (unpaired) electrons. The van der Waals surface area contributed by atoms with E-state index in [-0.39, 0.29) is 31.5 Å². The second kappa shape index (κ2) is 6.31. The van der Waals surface area contributed by atoms with E-state index >= 15 is 0 Å². The highest BCUT2D eigenvalue weighted by atomic mass is 79.9. The number of hydrogen-bond donors (Lipinski definition) is 0. The van der Waals surface area contributed by atoms with Crippen LogP contribution in [0.25, 0.3) is 5.65 Å². The van der Waals surface area contributed by atoms with Gasteiger partial charge in [-0.2, -0.15) is 9.50 Å². The van der Waals surface area contributed by atoms with Crippen LogP contribution in [0.1, 0.15) is 27.2 Å². The maximum atomic E-state index is 13.5. The highest BCUT2D eigenvalue weighted by molar-refractivity contribution is 9.10. The molecule has 138 valence electrons. The number of imidazole rings is 1. The summed E-state index contributed by atoms with van der Waals surface area (Å²) >= 11 is 3.35. The zero-order valence-corrected chi connectivity index (χ0v) is 16.0. The molecule has 0 spiro atoms. The maximum Gasteiger partial charge on any atom is 0.337 e. The Morgan fingerprint density at radius 1 is 1.40 bits per heavy atom. The number of likely N-dealkylation sites (N-methyl/N-ethyl adjacent to an activating group) is 1. The number of ether oxygens (including phenoxy) is 2. The van der Waals surface area contributed by atoms with Crippen LogP contribution < -0.4 is 9.47 Å². The van der Waals surface area contributed by atoms with E-state index in [1.165, 1.54) is 4.52 Å². The average Bonchev–Trinajstić information content (AvgIpc) is 2.95. The molecule has 1 atom stereocenters. The SMILES string of the molecule is CN1CC(F)(F)CC1COc1nc(OC(C)(C)C)c2ncc(Br)n2n1. The summed E-state index contributed by atoms with van der Waals surface area (Å²) in [5, 5.41) is 4.24. The predicted molar refractivity (Wildman–Crippen MR) is 90.3 cm³/mol. The lowest BCUT2D eigenvalue weighted by atomic mass is 10.2. The standard InChI is InChI=1S/C15H20BrF2N5O2/c1-14(2,3)25-12-11-19-6-10(16)23(11)21-13(20-12)24-7-9-5-15(17,18)8-22(9)4/h6,9H,5,7-8H2,1-4H3. The van der Waals surface area contributed by atoms with Gasteiger partial charge >= 0.3 is 6.01 Å². The van der Waals surface area contributed by atoms with Gasteiger partial charge in [-0.3, -0.25) is 4.90 Å². The van der Waals surface area contributed by atoms with Crippen molar-refractivity contribution in [2.75, 3.05) is 20.2 Å². The first-order valence-corrected chi connectivity index (χ1v) is 8.64. The van der Waals surface area contributed by atoms with Crippen molar-refractivity contribution in [3.05, 3.63) is 10.8 Å². The molecule has 2 aromatic heterocycles. The van der Waals surface area contributed by atoms with E-state index in [2.05, 4.69) is 31.0 Å². The van der Waals surface area contributed by atoms with Crippen molar-refractivity contribution in [1.82, 2.24) is 24.5 Å². The van der Waals surface area contributed by atoms with Crippen molar-refractivity contribution in [1.29, 1.82) is 0 Å². The van der Waals surface area contributed by atoms with E-state index in [4.69, 9.17) is 9.47 Å². The van der Waals surface area contributed by atoms with Crippen LogP contribution in [0.5, 0.6) is 11.9 Å². The molecular weight excluding hydrogens is 400 g/mol. The molecule has 0 N–H and O–H groups in total. The minimum absolute atomic E-state index is 0.0501. The molecule has 25 heavy (non-hydrogen) atoms. The summed E-state index contributed by atoms with van der Waals surface area (Å²) in [4.78, 5) is 10.1. The quantitative estimate of drug-likeness (QED) is 0.758. The molecule has 10 heteroatoms. The Balaban J connectivity index is 1.83. The molecule has 1 aliphatic heterocycles. The summed E-state index contributed by atoms with van der Waals surface area (Å²) in [5.74, 6) is -2.42. The highest BCUT2D eigenvalue weighted by Crippen LogP contribution is 2.31. The Labute approximate surface area is 152 Å². The maximum absolute atomic E-state index is 13.5. The summed E-state index contributed by atoms with van der Waals surface area (Å²) in [6.45, 7) is 5.46. The van der Waals surface area contributed by atoms with Gasteiger partial charge in [-0.25, -0.2) is 13.8 Å². The Bertz CT molecular complexity index is 777. The van der Waals surface area contributed by atoms with Gasteiger partial charge in [-0.05, 0) is 43.7 Å². The van der Waals surface area contributed by atoms with E-state index in [1.807, 2.05) is 20.8 Å².